The van der Waals surface area contributed by atoms with E-state index in [2.05, 4.69) is 0 Å². The number of amides is 2. The van der Waals surface area contributed by atoms with Gasteiger partial charge in [0, 0.05) is 25.3 Å². The molecule has 0 spiro atoms. The summed E-state index contributed by atoms with van der Waals surface area (Å²) in [6.07, 6.45) is -3.40. The molecule has 0 saturated carbocycles. The number of alkyl halides is 3. The zero-order chi connectivity index (χ0) is 26.4. The van der Waals surface area contributed by atoms with Crippen LogP contribution in [0.3, 0.4) is 0 Å². The Morgan fingerprint density at radius 1 is 0.889 bits per heavy atom. The van der Waals surface area contributed by atoms with Gasteiger partial charge in [-0.1, -0.05) is 18.2 Å². The van der Waals surface area contributed by atoms with Crippen molar-refractivity contribution in [3.63, 3.8) is 0 Å². The number of fused-ring (bicyclic) bond motifs is 1. The van der Waals surface area contributed by atoms with Crippen LogP contribution >= 0.6 is 0 Å². The molecule has 0 bridgehead atoms. The van der Waals surface area contributed by atoms with Gasteiger partial charge in [-0.15, -0.1) is 0 Å². The van der Waals surface area contributed by atoms with Gasteiger partial charge in [0.25, 0.3) is 5.91 Å². The molecule has 4 rings (SSSR count). The molecule has 0 N–H and O–H groups in total. The van der Waals surface area contributed by atoms with Crippen molar-refractivity contribution >= 4 is 33.0 Å². The number of benzene rings is 3. The summed E-state index contributed by atoms with van der Waals surface area (Å²) in [5, 5.41) is 0. The zero-order valence-electron chi connectivity index (χ0n) is 19.7. The Bertz CT molecular complexity index is 1430. The van der Waals surface area contributed by atoms with E-state index >= 15 is 0 Å². The summed E-state index contributed by atoms with van der Waals surface area (Å²) in [6, 6.07) is 15.1. The highest BCUT2D eigenvalue weighted by molar-refractivity contribution is 7.90. The van der Waals surface area contributed by atoms with E-state index in [0.29, 0.717) is 22.5 Å². The molecule has 2 amide bonds. The van der Waals surface area contributed by atoms with Crippen LogP contribution in [0.4, 0.5) is 24.5 Å². The van der Waals surface area contributed by atoms with Crippen molar-refractivity contribution in [3.8, 4) is 11.1 Å². The Balaban J connectivity index is 1.78. The van der Waals surface area contributed by atoms with Crippen molar-refractivity contribution in [2.24, 2.45) is 0 Å². The summed E-state index contributed by atoms with van der Waals surface area (Å²) in [6.45, 7) is 3.35. The summed E-state index contributed by atoms with van der Waals surface area (Å²) >= 11 is 0. The summed E-state index contributed by atoms with van der Waals surface area (Å²) in [4.78, 5) is 29.0. The predicted molar refractivity (Wildman–Crippen MR) is 131 cm³/mol. The van der Waals surface area contributed by atoms with E-state index in [4.69, 9.17) is 0 Å². The van der Waals surface area contributed by atoms with Gasteiger partial charge in [0.2, 0.25) is 5.91 Å². The number of carbonyl (C=O) groups is 2. The minimum atomic E-state index is -4.52. The van der Waals surface area contributed by atoms with Crippen LogP contribution in [-0.2, 0) is 20.8 Å². The van der Waals surface area contributed by atoms with E-state index in [9.17, 15) is 31.2 Å². The summed E-state index contributed by atoms with van der Waals surface area (Å²) in [5.41, 5.74) is 1.53. The second-order valence-corrected chi connectivity index (χ2v) is 10.7. The van der Waals surface area contributed by atoms with Crippen LogP contribution in [0.2, 0.25) is 0 Å². The quantitative estimate of drug-likeness (QED) is 0.481. The Morgan fingerprint density at radius 3 is 2.00 bits per heavy atom. The van der Waals surface area contributed by atoms with E-state index in [-0.39, 0.29) is 29.0 Å². The number of nitrogens with zero attached hydrogens (tertiary/aromatic N) is 2. The van der Waals surface area contributed by atoms with E-state index in [0.717, 1.165) is 30.5 Å². The topological polar surface area (TPSA) is 74.8 Å². The maximum absolute atomic E-state index is 13.4. The zero-order valence-corrected chi connectivity index (χ0v) is 20.5. The molecular weight excluding hydrogens is 493 g/mol. The van der Waals surface area contributed by atoms with Crippen molar-refractivity contribution in [2.45, 2.75) is 31.0 Å². The van der Waals surface area contributed by atoms with Gasteiger partial charge in [-0.2, -0.15) is 13.2 Å². The lowest BCUT2D eigenvalue weighted by molar-refractivity contribution is -0.137. The first kappa shape index (κ1) is 25.4. The maximum Gasteiger partial charge on any atom is 0.416 e. The second-order valence-electron chi connectivity index (χ2n) is 8.73. The highest BCUT2D eigenvalue weighted by Gasteiger charge is 2.35. The molecular formula is C26H23F3N2O4S. The Morgan fingerprint density at radius 2 is 1.47 bits per heavy atom. The van der Waals surface area contributed by atoms with Crippen LogP contribution in [0.5, 0.6) is 0 Å². The summed E-state index contributed by atoms with van der Waals surface area (Å²) in [7, 11) is -3.37. The number of hydrogen-bond donors (Lipinski definition) is 0. The highest BCUT2D eigenvalue weighted by Crippen LogP contribution is 2.40. The molecule has 1 heterocycles. The third-order valence-corrected chi connectivity index (χ3v) is 7.20. The first-order valence-corrected chi connectivity index (χ1v) is 12.9. The van der Waals surface area contributed by atoms with Crippen molar-refractivity contribution in [2.75, 3.05) is 22.6 Å². The molecule has 0 fully saturated rings. The number of sulfone groups is 1. The molecule has 0 aliphatic carbocycles. The molecule has 10 heteroatoms. The van der Waals surface area contributed by atoms with Crippen LogP contribution in [0, 0.1) is 0 Å². The van der Waals surface area contributed by atoms with E-state index in [1.807, 2.05) is 0 Å². The van der Waals surface area contributed by atoms with Gasteiger partial charge >= 0.3 is 6.18 Å². The van der Waals surface area contributed by atoms with Gasteiger partial charge in [-0.05, 0) is 66.6 Å². The minimum absolute atomic E-state index is 0.0836. The fraction of sp³-hybridized carbons (Fsp3) is 0.231. The largest absolute Gasteiger partial charge is 0.416 e. The lowest BCUT2D eigenvalue weighted by Crippen LogP contribution is -2.51. The Labute approximate surface area is 206 Å². The van der Waals surface area contributed by atoms with Gasteiger partial charge in [0.05, 0.1) is 27.9 Å². The van der Waals surface area contributed by atoms with Crippen LogP contribution in [-0.4, -0.2) is 39.1 Å². The molecule has 3 aromatic rings. The first-order valence-electron chi connectivity index (χ1n) is 11.0. The number of carbonyl (C=O) groups excluding carboxylic acids is 2. The summed E-state index contributed by atoms with van der Waals surface area (Å²) < 4.78 is 62.5. The number of rotatable bonds is 3. The van der Waals surface area contributed by atoms with Gasteiger partial charge in [-0.3, -0.25) is 9.59 Å². The molecule has 6 nitrogen and oxygen atoms in total. The van der Waals surface area contributed by atoms with Gasteiger partial charge in [0.1, 0.15) is 0 Å². The average Bonchev–Trinajstić information content (AvgIpc) is 2.81. The maximum atomic E-state index is 13.4. The molecule has 1 unspecified atom stereocenters. The normalized spacial score (nSPS) is 16.0. The molecule has 1 aliphatic heterocycles. The minimum Gasteiger partial charge on any atom is -0.306 e. The van der Waals surface area contributed by atoms with Gasteiger partial charge in [-0.25, -0.2) is 8.42 Å². The fourth-order valence-electron chi connectivity index (χ4n) is 4.33. The third-order valence-electron chi connectivity index (χ3n) is 6.07. The Kier molecular flexibility index (Phi) is 6.42. The van der Waals surface area contributed by atoms with Crippen LogP contribution in [0.25, 0.3) is 11.1 Å². The van der Waals surface area contributed by atoms with E-state index in [1.165, 1.54) is 24.0 Å². The number of hydrogen-bond acceptors (Lipinski definition) is 4. The van der Waals surface area contributed by atoms with Crippen LogP contribution < -0.4 is 9.80 Å². The highest BCUT2D eigenvalue weighted by atomic mass is 32.2. The SMILES string of the molecule is CC(=O)N1c2ccc(-c3ccc(S(C)(=O)=O)cc3)cc2N(C(=O)c2ccc(C(F)(F)F)cc2)CC1C. The lowest BCUT2D eigenvalue weighted by atomic mass is 9.99. The average molecular weight is 517 g/mol. The predicted octanol–water partition coefficient (Wildman–Crippen LogP) is 5.18. The molecule has 1 aliphatic rings. The standard InChI is InChI=1S/C26H23F3N2O4S/c1-16-15-30(25(33)19-4-9-21(10-5-19)26(27,28)29)24-14-20(8-13-23(24)31(16)17(2)32)18-6-11-22(12-7-18)36(3,34)35/h4-14,16H,15H2,1-3H3. The second kappa shape index (κ2) is 9.09. The van der Waals surface area contributed by atoms with Gasteiger partial charge in [0.15, 0.2) is 9.84 Å². The number of anilines is 2. The van der Waals surface area contributed by atoms with Crippen LogP contribution in [0.1, 0.15) is 29.8 Å². The molecule has 0 radical (unpaired) electrons. The Hall–Kier alpha value is -3.66. The molecule has 188 valence electrons. The number of halogens is 3. The summed E-state index contributed by atoms with van der Waals surface area (Å²) in [5.74, 6) is -0.708. The molecule has 36 heavy (non-hydrogen) atoms. The fourth-order valence-corrected chi connectivity index (χ4v) is 4.96. The molecule has 3 aromatic carbocycles. The van der Waals surface area contributed by atoms with Crippen molar-refractivity contribution in [1.29, 1.82) is 0 Å². The lowest BCUT2D eigenvalue weighted by Gasteiger charge is -2.41. The molecule has 1 atom stereocenters. The van der Waals surface area contributed by atoms with E-state index in [1.54, 1.807) is 42.2 Å². The third kappa shape index (κ3) is 4.86. The monoisotopic (exact) mass is 516 g/mol. The van der Waals surface area contributed by atoms with E-state index < -0.39 is 27.5 Å². The van der Waals surface area contributed by atoms with Gasteiger partial charge < -0.3 is 9.80 Å². The van der Waals surface area contributed by atoms with Crippen LogP contribution in [0.15, 0.2) is 71.6 Å². The van der Waals surface area contributed by atoms with Crippen molar-refractivity contribution < 1.29 is 31.2 Å². The first-order chi connectivity index (χ1) is 16.8. The molecule has 0 saturated heterocycles. The smallest absolute Gasteiger partial charge is 0.306 e. The van der Waals surface area contributed by atoms with Crippen molar-refractivity contribution in [1.82, 2.24) is 0 Å². The molecule has 0 aromatic heterocycles. The van der Waals surface area contributed by atoms with Crippen molar-refractivity contribution in [3.05, 3.63) is 77.9 Å².